The first-order valence-corrected chi connectivity index (χ1v) is 26.6. The number of urea groups is 1. The predicted octanol–water partition coefficient (Wildman–Crippen LogP) is 0.274. The molecule has 7 atom stereocenters. The topological polar surface area (TPSA) is 351 Å². The predicted molar refractivity (Wildman–Crippen MR) is 289 cm³/mol. The van der Waals surface area contributed by atoms with E-state index in [0.717, 1.165) is 27.8 Å². The van der Waals surface area contributed by atoms with Crippen LogP contribution in [0.25, 0.3) is 0 Å². The molecule has 0 aliphatic carbocycles. The number of aliphatic carboxylic acids is 1. The largest absolute Gasteiger partial charge is 0.481 e. The summed E-state index contributed by atoms with van der Waals surface area (Å²) in [6, 6.07) is 12.3. The van der Waals surface area contributed by atoms with Crippen LogP contribution < -0.4 is 44.2 Å². The second-order valence-electron chi connectivity index (χ2n) is 20.3. The summed E-state index contributed by atoms with van der Waals surface area (Å²) in [4.78, 5) is 136. The monoisotopic (exact) mass is 1080 g/mol. The van der Waals surface area contributed by atoms with Crippen molar-refractivity contribution in [3.63, 3.8) is 0 Å². The van der Waals surface area contributed by atoms with E-state index < -0.39 is 102 Å². The van der Waals surface area contributed by atoms with Gasteiger partial charge in [-0.3, -0.25) is 43.3 Å². The lowest BCUT2D eigenvalue weighted by atomic mass is 9.89. The molecule has 0 saturated carbocycles. The van der Waals surface area contributed by atoms with Crippen molar-refractivity contribution in [3.05, 3.63) is 106 Å². The average Bonchev–Trinajstić information content (AvgIpc) is 3.56. The van der Waals surface area contributed by atoms with Crippen molar-refractivity contribution in [1.82, 2.24) is 40.9 Å². The van der Waals surface area contributed by atoms with Gasteiger partial charge in [0.25, 0.3) is 0 Å². The Balaban J connectivity index is 1.35. The summed E-state index contributed by atoms with van der Waals surface area (Å²) >= 11 is 0. The highest BCUT2D eigenvalue weighted by Crippen LogP contribution is 2.31. The molecule has 6 rings (SSSR count). The third-order valence-electron chi connectivity index (χ3n) is 14.5. The van der Waals surface area contributed by atoms with Gasteiger partial charge < -0.3 is 68.9 Å². The molecule has 23 nitrogen and oxygen atoms in total. The lowest BCUT2D eigenvalue weighted by Gasteiger charge is -2.43. The van der Waals surface area contributed by atoms with Crippen molar-refractivity contribution in [2.75, 3.05) is 27.2 Å². The highest BCUT2D eigenvalue weighted by Gasteiger charge is 2.46. The number of nitrogens with zero attached hydrogens (tertiary/aromatic N) is 5. The molecule has 0 saturated heterocycles. The molecule has 3 aromatic carbocycles. The minimum atomic E-state index is -1.67. The molecule has 13 N–H and O–H groups in total. The molecule has 3 heterocycles. The Morgan fingerprint density at radius 2 is 1.05 bits per heavy atom. The number of nitrogens with one attached hydrogen (secondary N) is 4. The Morgan fingerprint density at radius 1 is 0.590 bits per heavy atom. The van der Waals surface area contributed by atoms with Gasteiger partial charge in [0.2, 0.25) is 41.4 Å². The molecule has 3 aliphatic heterocycles. The second kappa shape index (κ2) is 27.8. The maximum Gasteiger partial charge on any atom is 0.317 e. The number of primary amides is 1. The van der Waals surface area contributed by atoms with E-state index in [-0.39, 0.29) is 77.1 Å². The van der Waals surface area contributed by atoms with Gasteiger partial charge in [0.15, 0.2) is 5.96 Å². The Bertz CT molecular complexity index is 2710. The van der Waals surface area contributed by atoms with Gasteiger partial charge in [-0.1, -0.05) is 92.6 Å². The number of amides is 9. The number of nitrogens with two attached hydrogens (primary N) is 4. The number of unbranched alkanes of at least 4 members (excludes halogenated alkanes) is 2. The van der Waals surface area contributed by atoms with E-state index in [1.165, 1.54) is 33.7 Å². The molecule has 3 aromatic rings. The number of benzene rings is 3. The number of carboxylic acids is 1. The molecule has 3 aliphatic rings. The molecule has 0 radical (unpaired) electrons. The first-order valence-electron chi connectivity index (χ1n) is 26.6. The standard InChI is InChI=1S/C55H75N13O10/c1-4-5-21-40(64-55(78)65(2)3)48(72)63-42(29-46(69)70)52(76)68-32-38-20-11-8-17-35(38)28-45(68)53(77)67-31-37-19-10-7-16-34(37)27-44(67)50(74)62-41(23-14-25-60-54(58)59)51(75)66-30-36-18-9-6-15-33(36)26-43(66)49(73)61-39(47(57)71)22-12-13-24-56/h6-11,15-20,39-45H,4-5,12-14,21-32,56H2,1-3H3,(H2,57,71)(H,61,73)(H,62,74)(H,63,72)(H,64,78)(H,69,70)(H4,58,59,60)/t39-,40-,41-,42-,43-,44+,45-/m0/s1. The number of hydrogen-bond acceptors (Lipinski definition) is 11. The number of carbonyl (C=O) groups excluding carboxylic acids is 8. The van der Waals surface area contributed by atoms with E-state index in [9.17, 15) is 33.9 Å². The van der Waals surface area contributed by atoms with Crippen molar-refractivity contribution in [2.24, 2.45) is 27.9 Å². The van der Waals surface area contributed by atoms with Crippen molar-refractivity contribution >= 4 is 59.3 Å². The Kier molecular flexibility index (Phi) is 21.1. The molecule has 420 valence electrons. The number of guanidine groups is 1. The summed E-state index contributed by atoms with van der Waals surface area (Å²) in [6.07, 6.45) is 2.14. The van der Waals surface area contributed by atoms with Crippen molar-refractivity contribution in [3.8, 4) is 0 Å². The van der Waals surface area contributed by atoms with Crippen LogP contribution in [0.2, 0.25) is 0 Å². The third kappa shape index (κ3) is 15.3. The molecule has 23 heteroatoms. The SMILES string of the molecule is CCCC[C@H](NC(=O)N(C)C)C(=O)N[C@@H](CC(=O)O)C(=O)N1Cc2ccccc2C[C@H]1C(=O)N1Cc2ccccc2C[C@@H]1C(=O)N[C@@H](CCCN=C(N)N)C(=O)N1Cc2ccccc2C[C@H]1C(=O)N[C@@H](CCCCN)C(N)=O. The van der Waals surface area contributed by atoms with Crippen LogP contribution in [0.5, 0.6) is 0 Å². The molecular weight excluding hydrogens is 1000 g/mol. The van der Waals surface area contributed by atoms with Crippen LogP contribution in [-0.2, 0) is 77.3 Å². The van der Waals surface area contributed by atoms with Gasteiger partial charge in [-0.15, -0.1) is 0 Å². The van der Waals surface area contributed by atoms with E-state index in [1.807, 2.05) is 49.4 Å². The number of hydrogen-bond donors (Lipinski definition) is 9. The Hall–Kier alpha value is -8.08. The quantitative estimate of drug-likeness (QED) is 0.0331. The van der Waals surface area contributed by atoms with E-state index in [0.29, 0.717) is 37.8 Å². The maximum atomic E-state index is 15.6. The Morgan fingerprint density at radius 3 is 1.55 bits per heavy atom. The van der Waals surface area contributed by atoms with Gasteiger partial charge in [0.05, 0.1) is 6.42 Å². The van der Waals surface area contributed by atoms with Gasteiger partial charge >= 0.3 is 12.0 Å². The minimum Gasteiger partial charge on any atom is -0.481 e. The minimum absolute atomic E-state index is 0.00376. The summed E-state index contributed by atoms with van der Waals surface area (Å²) in [6.45, 7) is 2.10. The maximum absolute atomic E-state index is 15.6. The van der Waals surface area contributed by atoms with E-state index >= 15 is 14.4 Å². The van der Waals surface area contributed by atoms with E-state index in [4.69, 9.17) is 22.9 Å². The van der Waals surface area contributed by atoms with Crippen LogP contribution in [0.3, 0.4) is 0 Å². The number of carboxylic acid groups (broad SMARTS) is 1. The zero-order valence-corrected chi connectivity index (χ0v) is 44.7. The molecule has 78 heavy (non-hydrogen) atoms. The van der Waals surface area contributed by atoms with Crippen LogP contribution in [0.4, 0.5) is 4.79 Å². The van der Waals surface area contributed by atoms with Gasteiger partial charge in [0.1, 0.15) is 42.3 Å². The van der Waals surface area contributed by atoms with Crippen molar-refractivity contribution < 1.29 is 48.3 Å². The third-order valence-corrected chi connectivity index (χ3v) is 14.5. The van der Waals surface area contributed by atoms with Crippen molar-refractivity contribution in [1.29, 1.82) is 0 Å². The molecule has 0 fully saturated rings. The van der Waals surface area contributed by atoms with Crippen LogP contribution in [0.15, 0.2) is 77.8 Å². The smallest absolute Gasteiger partial charge is 0.317 e. The zero-order chi connectivity index (χ0) is 56.6. The van der Waals surface area contributed by atoms with Crippen molar-refractivity contribution in [2.45, 2.75) is 146 Å². The van der Waals surface area contributed by atoms with Crippen LogP contribution in [0, 0.1) is 0 Å². The molecular formula is C55H75N13O10. The van der Waals surface area contributed by atoms with Crippen LogP contribution >= 0.6 is 0 Å². The van der Waals surface area contributed by atoms with E-state index in [1.54, 1.807) is 30.3 Å². The first-order chi connectivity index (χ1) is 37.3. The van der Waals surface area contributed by atoms with Gasteiger partial charge in [0, 0.05) is 59.5 Å². The number of fused-ring (bicyclic) bond motifs is 3. The lowest BCUT2D eigenvalue weighted by molar-refractivity contribution is -0.154. The highest BCUT2D eigenvalue weighted by molar-refractivity contribution is 5.99. The number of aliphatic imine (C=N–C) groups is 1. The Labute approximate surface area is 454 Å². The molecule has 0 bridgehead atoms. The van der Waals surface area contributed by atoms with Gasteiger partial charge in [-0.05, 0) is 78.5 Å². The summed E-state index contributed by atoms with van der Waals surface area (Å²) in [5.74, 6) is -6.59. The fourth-order valence-corrected chi connectivity index (χ4v) is 10.2. The fraction of sp³-hybridized carbons (Fsp3) is 0.491. The van der Waals surface area contributed by atoms with Crippen LogP contribution in [0.1, 0.15) is 98.1 Å². The molecule has 9 amide bonds. The first kappa shape index (κ1) is 59.2. The molecule has 0 spiro atoms. The summed E-state index contributed by atoms with van der Waals surface area (Å²) in [5.41, 5.74) is 27.2. The number of carbonyl (C=O) groups is 9. The molecule has 0 aromatic heterocycles. The van der Waals surface area contributed by atoms with E-state index in [2.05, 4.69) is 26.3 Å². The van der Waals surface area contributed by atoms with Crippen LogP contribution in [-0.4, -0.2) is 153 Å². The second-order valence-corrected chi connectivity index (χ2v) is 20.3. The zero-order valence-electron chi connectivity index (χ0n) is 44.7. The van der Waals surface area contributed by atoms with Gasteiger partial charge in [-0.25, -0.2) is 4.79 Å². The summed E-state index contributed by atoms with van der Waals surface area (Å²) in [5, 5.41) is 21.1. The normalized spacial score (nSPS) is 18.0. The van der Waals surface area contributed by atoms with Gasteiger partial charge in [-0.2, -0.15) is 0 Å². The fourth-order valence-electron chi connectivity index (χ4n) is 10.2. The molecule has 0 unspecified atom stereocenters. The lowest BCUT2D eigenvalue weighted by Crippen LogP contribution is -2.64. The average molecular weight is 1080 g/mol. The summed E-state index contributed by atoms with van der Waals surface area (Å²) in [7, 11) is 3.00. The summed E-state index contributed by atoms with van der Waals surface area (Å²) < 4.78 is 0. The number of rotatable bonds is 24. The highest BCUT2D eigenvalue weighted by atomic mass is 16.4.